The molecule has 1 unspecified atom stereocenters. The third-order valence-electron chi connectivity index (χ3n) is 5.15. The Balaban J connectivity index is 1.79. The molecule has 0 spiro atoms. The number of primary amides is 1. The fourth-order valence-corrected chi connectivity index (χ4v) is 3.48. The molecule has 0 bridgehead atoms. The van der Waals surface area contributed by atoms with E-state index in [1.807, 2.05) is 43.1 Å². The molecule has 1 fully saturated rings. The molecule has 8 heteroatoms. The fourth-order valence-electron chi connectivity index (χ4n) is 3.48. The maximum Gasteiger partial charge on any atom is 0.271 e. The molecule has 29 heavy (non-hydrogen) atoms. The SMILES string of the molecule is C=CC(=O)NC1CC[C@@H](N(C)c2cnc(C(N)=O)c(Nc3ccc(C)cc3)n2)C1. The molecule has 1 aromatic heterocycles. The monoisotopic (exact) mass is 394 g/mol. The molecule has 3 rings (SSSR count). The van der Waals surface area contributed by atoms with Gasteiger partial charge in [-0.1, -0.05) is 24.3 Å². The molecular formula is C21H26N6O2. The molecule has 8 nitrogen and oxygen atoms in total. The lowest BCUT2D eigenvalue weighted by atomic mass is 10.2. The van der Waals surface area contributed by atoms with Crippen molar-refractivity contribution in [3.8, 4) is 0 Å². The van der Waals surface area contributed by atoms with Crippen LogP contribution in [0.1, 0.15) is 35.3 Å². The van der Waals surface area contributed by atoms with Crippen LogP contribution in [0.15, 0.2) is 43.1 Å². The van der Waals surface area contributed by atoms with E-state index in [-0.39, 0.29) is 23.7 Å². The Morgan fingerprint density at radius 2 is 2.00 bits per heavy atom. The number of aromatic nitrogens is 2. The summed E-state index contributed by atoms with van der Waals surface area (Å²) in [5.41, 5.74) is 7.48. The number of benzene rings is 1. The van der Waals surface area contributed by atoms with E-state index in [0.29, 0.717) is 11.6 Å². The molecule has 0 aliphatic heterocycles. The van der Waals surface area contributed by atoms with Gasteiger partial charge < -0.3 is 21.3 Å². The Labute approximate surface area is 170 Å². The zero-order valence-electron chi connectivity index (χ0n) is 16.7. The molecule has 2 aromatic rings. The molecule has 1 aliphatic carbocycles. The molecule has 0 radical (unpaired) electrons. The molecule has 2 amide bonds. The predicted octanol–water partition coefficient (Wildman–Crippen LogP) is 2.29. The second-order valence-corrected chi connectivity index (χ2v) is 7.27. The summed E-state index contributed by atoms with van der Waals surface area (Å²) in [5.74, 6) is 0.147. The summed E-state index contributed by atoms with van der Waals surface area (Å²) in [4.78, 5) is 34.2. The number of nitrogens with two attached hydrogens (primary N) is 1. The van der Waals surface area contributed by atoms with E-state index in [2.05, 4.69) is 27.2 Å². The van der Waals surface area contributed by atoms with Crippen LogP contribution in [-0.4, -0.2) is 40.9 Å². The van der Waals surface area contributed by atoms with E-state index in [0.717, 1.165) is 30.5 Å². The molecule has 1 aliphatic rings. The van der Waals surface area contributed by atoms with Gasteiger partial charge in [0.2, 0.25) is 5.91 Å². The van der Waals surface area contributed by atoms with Crippen LogP contribution in [0.3, 0.4) is 0 Å². The average Bonchev–Trinajstić information content (AvgIpc) is 3.17. The van der Waals surface area contributed by atoms with Gasteiger partial charge in [0.15, 0.2) is 11.5 Å². The first-order valence-corrected chi connectivity index (χ1v) is 9.53. The first kappa shape index (κ1) is 20.3. The maximum absolute atomic E-state index is 11.8. The van der Waals surface area contributed by atoms with Crippen LogP contribution in [0.25, 0.3) is 0 Å². The molecule has 1 aromatic carbocycles. The van der Waals surface area contributed by atoms with Gasteiger partial charge in [0.1, 0.15) is 5.82 Å². The average molecular weight is 394 g/mol. The number of hydrogen-bond acceptors (Lipinski definition) is 6. The van der Waals surface area contributed by atoms with Crippen molar-refractivity contribution < 1.29 is 9.59 Å². The van der Waals surface area contributed by atoms with E-state index in [9.17, 15) is 9.59 Å². The minimum atomic E-state index is -0.644. The smallest absolute Gasteiger partial charge is 0.271 e. The lowest BCUT2D eigenvalue weighted by molar-refractivity contribution is -0.117. The first-order valence-electron chi connectivity index (χ1n) is 9.53. The highest BCUT2D eigenvalue weighted by Gasteiger charge is 2.29. The molecule has 4 N–H and O–H groups in total. The molecule has 152 valence electrons. The number of nitrogens with one attached hydrogen (secondary N) is 2. The molecular weight excluding hydrogens is 368 g/mol. The van der Waals surface area contributed by atoms with E-state index in [1.165, 1.54) is 6.08 Å². The first-order chi connectivity index (χ1) is 13.9. The van der Waals surface area contributed by atoms with Crippen molar-refractivity contribution in [1.29, 1.82) is 0 Å². The predicted molar refractivity (Wildman–Crippen MR) is 113 cm³/mol. The van der Waals surface area contributed by atoms with Gasteiger partial charge in [-0.25, -0.2) is 9.97 Å². The Bertz CT molecular complexity index is 912. The Hall–Kier alpha value is -3.42. The third kappa shape index (κ3) is 4.90. The van der Waals surface area contributed by atoms with Crippen molar-refractivity contribution in [1.82, 2.24) is 15.3 Å². The minimum absolute atomic E-state index is 0.0882. The van der Waals surface area contributed by atoms with Crippen molar-refractivity contribution in [3.63, 3.8) is 0 Å². The van der Waals surface area contributed by atoms with Crippen LogP contribution in [0, 0.1) is 6.92 Å². The second-order valence-electron chi connectivity index (χ2n) is 7.27. The van der Waals surface area contributed by atoms with Gasteiger partial charge in [-0.15, -0.1) is 0 Å². The lowest BCUT2D eigenvalue weighted by Crippen LogP contribution is -2.35. The molecule has 0 saturated heterocycles. The summed E-state index contributed by atoms with van der Waals surface area (Å²) >= 11 is 0. The summed E-state index contributed by atoms with van der Waals surface area (Å²) in [6.45, 7) is 5.49. The Morgan fingerprint density at radius 3 is 2.66 bits per heavy atom. The van der Waals surface area contributed by atoms with Gasteiger partial charge in [0, 0.05) is 24.8 Å². The quantitative estimate of drug-likeness (QED) is 0.621. The normalized spacial score (nSPS) is 18.1. The van der Waals surface area contributed by atoms with Crippen molar-refractivity contribution in [2.24, 2.45) is 5.73 Å². The van der Waals surface area contributed by atoms with E-state index >= 15 is 0 Å². The van der Waals surface area contributed by atoms with E-state index in [1.54, 1.807) is 6.20 Å². The van der Waals surface area contributed by atoms with Crippen molar-refractivity contribution in [2.45, 2.75) is 38.3 Å². The number of carbonyl (C=O) groups excluding carboxylic acids is 2. The molecule has 1 saturated carbocycles. The van der Waals surface area contributed by atoms with Gasteiger partial charge in [-0.05, 0) is 44.4 Å². The van der Waals surface area contributed by atoms with Crippen LogP contribution in [0.5, 0.6) is 0 Å². The maximum atomic E-state index is 11.8. The van der Waals surface area contributed by atoms with Gasteiger partial charge >= 0.3 is 0 Å². The van der Waals surface area contributed by atoms with Crippen molar-refractivity contribution in [2.75, 3.05) is 17.3 Å². The van der Waals surface area contributed by atoms with Gasteiger partial charge in [-0.3, -0.25) is 9.59 Å². The number of anilines is 3. The summed E-state index contributed by atoms with van der Waals surface area (Å²) < 4.78 is 0. The van der Waals surface area contributed by atoms with Gasteiger partial charge in [0.25, 0.3) is 5.91 Å². The highest BCUT2D eigenvalue weighted by molar-refractivity contribution is 5.96. The van der Waals surface area contributed by atoms with Crippen LogP contribution in [0.2, 0.25) is 0 Å². The standard InChI is InChI=1S/C21H26N6O2/c1-4-18(28)24-15-9-10-16(11-15)27(3)17-12-23-19(20(22)29)21(26-17)25-14-7-5-13(2)6-8-14/h4-8,12,15-16H,1,9-11H2,2-3H3,(H2,22,29)(H,24,28)(H,25,26)/t15?,16-/m1/s1. The second kappa shape index (κ2) is 8.72. The Kier molecular flexibility index (Phi) is 6.11. The summed E-state index contributed by atoms with van der Waals surface area (Å²) in [6.07, 6.45) is 5.44. The zero-order chi connectivity index (χ0) is 21.0. The number of amides is 2. The van der Waals surface area contributed by atoms with Crippen molar-refractivity contribution >= 4 is 29.1 Å². The number of rotatable bonds is 7. The van der Waals surface area contributed by atoms with Crippen LogP contribution < -0.4 is 21.3 Å². The minimum Gasteiger partial charge on any atom is -0.364 e. The number of hydrogen-bond donors (Lipinski definition) is 3. The fraction of sp³-hybridized carbons (Fsp3) is 0.333. The van der Waals surface area contributed by atoms with Crippen LogP contribution >= 0.6 is 0 Å². The van der Waals surface area contributed by atoms with Gasteiger partial charge in [-0.2, -0.15) is 0 Å². The van der Waals surface area contributed by atoms with Crippen LogP contribution in [-0.2, 0) is 4.79 Å². The number of carbonyl (C=O) groups is 2. The summed E-state index contributed by atoms with van der Waals surface area (Å²) in [5, 5.41) is 6.08. The Morgan fingerprint density at radius 1 is 1.28 bits per heavy atom. The highest BCUT2D eigenvalue weighted by Crippen LogP contribution is 2.28. The van der Waals surface area contributed by atoms with Crippen molar-refractivity contribution in [3.05, 3.63) is 54.4 Å². The zero-order valence-corrected chi connectivity index (χ0v) is 16.7. The summed E-state index contributed by atoms with van der Waals surface area (Å²) in [6, 6.07) is 8.05. The summed E-state index contributed by atoms with van der Waals surface area (Å²) in [7, 11) is 1.94. The van der Waals surface area contributed by atoms with E-state index < -0.39 is 5.91 Å². The van der Waals surface area contributed by atoms with Crippen LogP contribution in [0.4, 0.5) is 17.3 Å². The number of aryl methyl sites for hydroxylation is 1. The van der Waals surface area contributed by atoms with Gasteiger partial charge in [0.05, 0.1) is 6.20 Å². The molecule has 2 atom stereocenters. The van der Waals surface area contributed by atoms with E-state index in [4.69, 9.17) is 5.73 Å². The lowest BCUT2D eigenvalue weighted by Gasteiger charge is -2.26. The topological polar surface area (TPSA) is 113 Å². The third-order valence-corrected chi connectivity index (χ3v) is 5.15. The largest absolute Gasteiger partial charge is 0.364 e. The highest BCUT2D eigenvalue weighted by atomic mass is 16.2. The molecule has 1 heterocycles. The number of nitrogens with zero attached hydrogens (tertiary/aromatic N) is 3.